The molecule has 1 fully saturated rings. The number of piperidine rings is 1. The summed E-state index contributed by atoms with van der Waals surface area (Å²) in [5.41, 5.74) is 1.80. The zero-order chi connectivity index (χ0) is 16.8. The highest BCUT2D eigenvalue weighted by molar-refractivity contribution is 5.77. The third-order valence-electron chi connectivity index (χ3n) is 4.70. The summed E-state index contributed by atoms with van der Waals surface area (Å²) in [6, 6.07) is 12.2. The van der Waals surface area contributed by atoms with E-state index in [4.69, 9.17) is 4.74 Å². The number of likely N-dealkylation sites (tertiary alicyclic amines) is 1. The molecule has 2 heterocycles. The van der Waals surface area contributed by atoms with E-state index >= 15 is 0 Å². The first-order valence-electron chi connectivity index (χ1n) is 8.63. The fraction of sp³-hybridized carbons (Fsp3) is 0.474. The maximum Gasteiger partial charge on any atom is 0.313 e. The van der Waals surface area contributed by atoms with E-state index < -0.39 is 5.41 Å². The molecule has 0 aliphatic carbocycles. The van der Waals surface area contributed by atoms with Gasteiger partial charge in [0.25, 0.3) is 0 Å². The van der Waals surface area contributed by atoms with E-state index in [0.717, 1.165) is 44.6 Å². The van der Waals surface area contributed by atoms with Gasteiger partial charge in [-0.2, -0.15) is 5.10 Å². The lowest BCUT2D eigenvalue weighted by Crippen LogP contribution is -2.49. The number of hydrogen-bond acceptors (Lipinski definition) is 4. The number of nitrogens with zero attached hydrogens (tertiary/aromatic N) is 2. The molecule has 0 spiro atoms. The number of aromatic nitrogens is 2. The van der Waals surface area contributed by atoms with Gasteiger partial charge in [-0.1, -0.05) is 30.3 Å². The average Bonchev–Trinajstić information content (AvgIpc) is 3.09. The van der Waals surface area contributed by atoms with E-state index in [-0.39, 0.29) is 5.97 Å². The van der Waals surface area contributed by atoms with Crippen LogP contribution in [0, 0.1) is 5.41 Å². The molecule has 2 aromatic rings. The van der Waals surface area contributed by atoms with Crippen molar-refractivity contribution < 1.29 is 9.53 Å². The van der Waals surface area contributed by atoms with Crippen LogP contribution in [0.5, 0.6) is 0 Å². The molecule has 1 saturated heterocycles. The smallest absolute Gasteiger partial charge is 0.313 e. The standard InChI is InChI=1S/C19H25N3O2/c1-2-24-18(23)19(13-16-7-4-3-5-8-16)10-6-12-22(15-19)14-17-9-11-20-21-17/h3-5,7-9,11H,2,6,10,12-15H2,1H3,(H,20,21)/t19-/m0/s1. The Kier molecular flexibility index (Phi) is 5.30. The fourth-order valence-electron chi connectivity index (χ4n) is 3.63. The molecule has 1 aromatic heterocycles. The van der Waals surface area contributed by atoms with Gasteiger partial charge in [-0.15, -0.1) is 0 Å². The minimum Gasteiger partial charge on any atom is -0.466 e. The van der Waals surface area contributed by atoms with Crippen LogP contribution in [0.1, 0.15) is 31.0 Å². The number of nitrogens with one attached hydrogen (secondary N) is 1. The maximum absolute atomic E-state index is 12.8. The SMILES string of the molecule is CCOC(=O)[C@]1(Cc2ccccc2)CCCN(Cc2ccn[nH]2)C1. The van der Waals surface area contributed by atoms with Gasteiger partial charge in [0.15, 0.2) is 0 Å². The second-order valence-corrected chi connectivity index (χ2v) is 6.56. The number of esters is 1. The second kappa shape index (κ2) is 7.62. The molecule has 0 bridgehead atoms. The molecule has 24 heavy (non-hydrogen) atoms. The van der Waals surface area contributed by atoms with Crippen molar-refractivity contribution in [3.63, 3.8) is 0 Å². The Labute approximate surface area is 143 Å². The van der Waals surface area contributed by atoms with Crippen LogP contribution in [-0.2, 0) is 22.5 Å². The minimum absolute atomic E-state index is 0.0665. The molecule has 0 unspecified atom stereocenters. The molecule has 1 aliphatic rings. The zero-order valence-corrected chi connectivity index (χ0v) is 14.2. The number of H-pyrrole nitrogens is 1. The van der Waals surface area contributed by atoms with Crippen molar-refractivity contribution in [2.75, 3.05) is 19.7 Å². The summed E-state index contributed by atoms with van der Waals surface area (Å²) in [5, 5.41) is 7.02. The lowest BCUT2D eigenvalue weighted by molar-refractivity contribution is -0.159. The highest BCUT2D eigenvalue weighted by Gasteiger charge is 2.43. The monoisotopic (exact) mass is 327 g/mol. The fourth-order valence-corrected chi connectivity index (χ4v) is 3.63. The number of carbonyl (C=O) groups excluding carboxylic acids is 1. The van der Waals surface area contributed by atoms with Gasteiger partial charge in [-0.3, -0.25) is 14.8 Å². The van der Waals surface area contributed by atoms with Crippen molar-refractivity contribution in [3.8, 4) is 0 Å². The summed E-state index contributed by atoms with van der Waals surface area (Å²) in [7, 11) is 0. The molecule has 5 nitrogen and oxygen atoms in total. The molecule has 0 amide bonds. The van der Waals surface area contributed by atoms with Gasteiger partial charge in [0, 0.05) is 25.0 Å². The van der Waals surface area contributed by atoms with Crippen LogP contribution in [0.25, 0.3) is 0 Å². The van der Waals surface area contributed by atoms with Crippen molar-refractivity contribution in [2.24, 2.45) is 5.41 Å². The second-order valence-electron chi connectivity index (χ2n) is 6.56. The first-order valence-corrected chi connectivity index (χ1v) is 8.63. The number of rotatable bonds is 6. The highest BCUT2D eigenvalue weighted by atomic mass is 16.5. The van der Waals surface area contributed by atoms with Gasteiger partial charge < -0.3 is 4.74 Å². The van der Waals surface area contributed by atoms with Crippen LogP contribution in [0.3, 0.4) is 0 Å². The van der Waals surface area contributed by atoms with Gasteiger partial charge in [0.05, 0.1) is 12.0 Å². The first-order chi connectivity index (χ1) is 11.7. The predicted octanol–water partition coefficient (Wildman–Crippen LogP) is 2.80. The van der Waals surface area contributed by atoms with Gasteiger partial charge >= 0.3 is 5.97 Å². The van der Waals surface area contributed by atoms with Crippen molar-refractivity contribution in [1.29, 1.82) is 0 Å². The van der Waals surface area contributed by atoms with Crippen molar-refractivity contribution >= 4 is 5.97 Å². The number of carbonyl (C=O) groups is 1. The van der Waals surface area contributed by atoms with Crippen LogP contribution < -0.4 is 0 Å². The van der Waals surface area contributed by atoms with Gasteiger partial charge in [-0.25, -0.2) is 0 Å². The lowest BCUT2D eigenvalue weighted by Gasteiger charge is -2.41. The van der Waals surface area contributed by atoms with E-state index in [0.29, 0.717) is 6.61 Å². The third-order valence-corrected chi connectivity index (χ3v) is 4.70. The van der Waals surface area contributed by atoms with Crippen LogP contribution >= 0.6 is 0 Å². The Hall–Kier alpha value is -2.14. The van der Waals surface area contributed by atoms with Crippen LogP contribution in [0.4, 0.5) is 0 Å². The van der Waals surface area contributed by atoms with Gasteiger partial charge in [-0.05, 0) is 44.4 Å². The van der Waals surface area contributed by atoms with Gasteiger partial charge in [0.1, 0.15) is 0 Å². The van der Waals surface area contributed by atoms with E-state index in [1.165, 1.54) is 5.56 Å². The van der Waals surface area contributed by atoms with Crippen molar-refractivity contribution in [2.45, 2.75) is 32.7 Å². The Bertz CT molecular complexity index is 642. The average molecular weight is 327 g/mol. The molecular weight excluding hydrogens is 302 g/mol. The molecule has 1 aliphatic heterocycles. The molecule has 0 saturated carbocycles. The number of ether oxygens (including phenoxy) is 1. The van der Waals surface area contributed by atoms with Crippen molar-refractivity contribution in [1.82, 2.24) is 15.1 Å². The van der Waals surface area contributed by atoms with E-state index in [1.807, 2.05) is 31.2 Å². The Balaban J connectivity index is 1.79. The Morgan fingerprint density at radius 3 is 2.88 bits per heavy atom. The summed E-state index contributed by atoms with van der Waals surface area (Å²) in [6.45, 7) is 4.81. The van der Waals surface area contributed by atoms with Crippen LogP contribution in [0.2, 0.25) is 0 Å². The number of hydrogen-bond donors (Lipinski definition) is 1. The Morgan fingerprint density at radius 2 is 2.17 bits per heavy atom. The summed E-state index contributed by atoms with van der Waals surface area (Å²) in [6.07, 6.45) is 4.37. The minimum atomic E-state index is -0.463. The quantitative estimate of drug-likeness (QED) is 0.829. The topological polar surface area (TPSA) is 58.2 Å². The van der Waals surface area contributed by atoms with Crippen molar-refractivity contribution in [3.05, 3.63) is 53.9 Å². The van der Waals surface area contributed by atoms with Gasteiger partial charge in [0.2, 0.25) is 0 Å². The maximum atomic E-state index is 12.8. The molecule has 3 rings (SSSR count). The lowest BCUT2D eigenvalue weighted by atomic mass is 9.75. The molecule has 5 heteroatoms. The summed E-state index contributed by atoms with van der Waals surface area (Å²) in [4.78, 5) is 15.1. The third kappa shape index (κ3) is 3.85. The summed E-state index contributed by atoms with van der Waals surface area (Å²) in [5.74, 6) is -0.0665. The molecule has 0 radical (unpaired) electrons. The number of aromatic amines is 1. The normalized spacial score (nSPS) is 21.5. The van der Waals surface area contributed by atoms with E-state index in [9.17, 15) is 4.79 Å². The van der Waals surface area contributed by atoms with Crippen LogP contribution in [-0.4, -0.2) is 40.8 Å². The highest BCUT2D eigenvalue weighted by Crippen LogP contribution is 2.35. The molecule has 1 aromatic carbocycles. The van der Waals surface area contributed by atoms with Crippen LogP contribution in [0.15, 0.2) is 42.6 Å². The molecule has 1 atom stereocenters. The zero-order valence-electron chi connectivity index (χ0n) is 14.2. The first kappa shape index (κ1) is 16.7. The van der Waals surface area contributed by atoms with E-state index in [1.54, 1.807) is 6.20 Å². The number of benzene rings is 1. The summed E-state index contributed by atoms with van der Waals surface area (Å²) < 4.78 is 5.45. The predicted molar refractivity (Wildman–Crippen MR) is 92.3 cm³/mol. The molecular formula is C19H25N3O2. The molecule has 1 N–H and O–H groups in total. The van der Waals surface area contributed by atoms with E-state index in [2.05, 4.69) is 27.2 Å². The molecule has 128 valence electrons. The largest absolute Gasteiger partial charge is 0.466 e. The summed E-state index contributed by atoms with van der Waals surface area (Å²) >= 11 is 0. The Morgan fingerprint density at radius 1 is 1.33 bits per heavy atom.